The molecule has 0 bridgehead atoms. The number of hydrogen-bond acceptors (Lipinski definition) is 3. The van der Waals surface area contributed by atoms with Crippen molar-refractivity contribution in [2.24, 2.45) is 0 Å². The Morgan fingerprint density at radius 3 is 2.32 bits per heavy atom. The molecule has 136 valence electrons. The third kappa shape index (κ3) is 5.28. The zero-order valence-corrected chi connectivity index (χ0v) is 16.0. The number of aryl methyl sites for hydroxylation is 1. The lowest BCUT2D eigenvalue weighted by Gasteiger charge is -2.17. The number of benzene rings is 1. The van der Waals surface area contributed by atoms with E-state index in [2.05, 4.69) is 41.5 Å². The Morgan fingerprint density at radius 1 is 1.08 bits per heavy atom. The van der Waals surface area contributed by atoms with Crippen molar-refractivity contribution in [3.63, 3.8) is 0 Å². The van der Waals surface area contributed by atoms with Gasteiger partial charge in [0.25, 0.3) is 5.82 Å². The zero-order valence-electron chi connectivity index (χ0n) is 15.2. The molecule has 0 unspecified atom stereocenters. The van der Waals surface area contributed by atoms with Crippen LogP contribution < -0.4 is 10.3 Å². The zero-order chi connectivity index (χ0) is 18.3. The van der Waals surface area contributed by atoms with Crippen LogP contribution in [-0.4, -0.2) is 31.9 Å². The van der Waals surface area contributed by atoms with Crippen molar-refractivity contribution in [2.45, 2.75) is 44.6 Å². The van der Waals surface area contributed by atoms with E-state index in [4.69, 9.17) is 0 Å². The molecule has 25 heavy (non-hydrogen) atoms. The van der Waals surface area contributed by atoms with Gasteiger partial charge in [-0.25, -0.2) is 13.4 Å². The summed E-state index contributed by atoms with van der Waals surface area (Å²) >= 11 is 0. The minimum Gasteiger partial charge on any atom is -0.272 e. The SMILES string of the molecule is CCN(CC)S(=O)(=O)c1ccc(N[C@H](C)CCc2ccccc2)[nH+]c1. The monoisotopic (exact) mass is 362 g/mol. The van der Waals surface area contributed by atoms with E-state index in [1.165, 1.54) is 9.87 Å². The minimum absolute atomic E-state index is 0.279. The Kier molecular flexibility index (Phi) is 6.96. The van der Waals surface area contributed by atoms with Crippen LogP contribution >= 0.6 is 0 Å². The van der Waals surface area contributed by atoms with E-state index in [9.17, 15) is 8.42 Å². The summed E-state index contributed by atoms with van der Waals surface area (Å²) in [5.74, 6) is 0.819. The van der Waals surface area contributed by atoms with E-state index in [1.54, 1.807) is 18.3 Å². The summed E-state index contributed by atoms with van der Waals surface area (Å²) in [6, 6.07) is 14.1. The second-order valence-electron chi connectivity index (χ2n) is 6.10. The second-order valence-corrected chi connectivity index (χ2v) is 8.03. The maximum atomic E-state index is 12.5. The highest BCUT2D eigenvalue weighted by atomic mass is 32.2. The number of sulfonamides is 1. The van der Waals surface area contributed by atoms with Crippen LogP contribution in [0.25, 0.3) is 0 Å². The van der Waals surface area contributed by atoms with Gasteiger partial charge in [0.2, 0.25) is 10.0 Å². The quantitative estimate of drug-likeness (QED) is 0.746. The molecule has 0 spiro atoms. The van der Waals surface area contributed by atoms with Crippen molar-refractivity contribution in [1.29, 1.82) is 0 Å². The standard InChI is InChI=1S/C19H27N3O2S/c1-4-22(5-2)25(23,24)18-13-14-19(20-15-18)21-16(3)11-12-17-9-7-6-8-10-17/h6-10,13-16H,4-5,11-12H2,1-3H3,(H,20,21)/p+1/t16-/m1/s1. The average molecular weight is 363 g/mol. The number of aromatic amines is 1. The lowest BCUT2D eigenvalue weighted by Crippen LogP contribution is -2.31. The van der Waals surface area contributed by atoms with Crippen molar-refractivity contribution in [2.75, 3.05) is 18.4 Å². The smallest absolute Gasteiger partial charge is 0.272 e. The first-order valence-electron chi connectivity index (χ1n) is 8.79. The van der Waals surface area contributed by atoms with Gasteiger partial charge in [-0.05, 0) is 31.4 Å². The number of aromatic nitrogens is 1. The Balaban J connectivity index is 1.95. The second kappa shape index (κ2) is 8.97. The molecule has 0 saturated carbocycles. The third-order valence-electron chi connectivity index (χ3n) is 4.24. The maximum absolute atomic E-state index is 12.5. The first-order chi connectivity index (χ1) is 12.0. The molecule has 0 aliphatic heterocycles. The van der Waals surface area contributed by atoms with Gasteiger partial charge in [-0.2, -0.15) is 4.31 Å². The number of pyridine rings is 1. The van der Waals surface area contributed by atoms with Crippen molar-refractivity contribution in [3.05, 3.63) is 54.2 Å². The predicted molar refractivity (Wildman–Crippen MR) is 101 cm³/mol. The summed E-state index contributed by atoms with van der Waals surface area (Å²) in [5.41, 5.74) is 1.32. The largest absolute Gasteiger partial charge is 0.272 e. The molecule has 0 radical (unpaired) electrons. The summed E-state index contributed by atoms with van der Waals surface area (Å²) < 4.78 is 26.4. The molecule has 5 nitrogen and oxygen atoms in total. The summed E-state index contributed by atoms with van der Waals surface area (Å²) in [4.78, 5) is 3.35. The van der Waals surface area contributed by atoms with E-state index in [0.29, 0.717) is 18.0 Å². The van der Waals surface area contributed by atoms with Gasteiger partial charge in [0.1, 0.15) is 11.1 Å². The molecule has 2 rings (SSSR count). The first-order valence-corrected chi connectivity index (χ1v) is 10.2. The predicted octanol–water partition coefficient (Wildman–Crippen LogP) is 2.96. The van der Waals surface area contributed by atoms with Crippen molar-refractivity contribution in [3.8, 4) is 0 Å². The fraction of sp³-hybridized carbons (Fsp3) is 0.421. The molecule has 0 amide bonds. The summed E-state index contributed by atoms with van der Waals surface area (Å²) in [7, 11) is -3.42. The van der Waals surface area contributed by atoms with Crippen LogP contribution in [-0.2, 0) is 16.4 Å². The molecule has 2 N–H and O–H groups in total. The molecule has 1 aromatic heterocycles. The van der Waals surface area contributed by atoms with Gasteiger partial charge in [-0.15, -0.1) is 0 Å². The molecular formula is C19H28N3O2S+. The molecule has 1 atom stereocenters. The van der Waals surface area contributed by atoms with Gasteiger partial charge < -0.3 is 0 Å². The van der Waals surface area contributed by atoms with Gasteiger partial charge in [0.05, 0.1) is 6.04 Å². The first kappa shape index (κ1) is 19.4. The number of nitrogens with zero attached hydrogens (tertiary/aromatic N) is 1. The van der Waals surface area contributed by atoms with Crippen LogP contribution in [0.2, 0.25) is 0 Å². The lowest BCUT2D eigenvalue weighted by molar-refractivity contribution is -0.364. The number of anilines is 1. The molecule has 6 heteroatoms. The van der Waals surface area contributed by atoms with E-state index in [1.807, 2.05) is 19.9 Å². The van der Waals surface area contributed by atoms with Gasteiger partial charge in [0, 0.05) is 19.2 Å². The minimum atomic E-state index is -3.42. The molecule has 1 heterocycles. The van der Waals surface area contributed by atoms with E-state index in [0.717, 1.165) is 18.7 Å². The number of rotatable bonds is 9. The van der Waals surface area contributed by atoms with Gasteiger partial charge >= 0.3 is 0 Å². The van der Waals surface area contributed by atoms with Crippen molar-refractivity contribution < 1.29 is 13.4 Å². The van der Waals surface area contributed by atoms with Crippen LogP contribution in [0.4, 0.5) is 5.82 Å². The Bertz CT molecular complexity index is 742. The fourth-order valence-electron chi connectivity index (χ4n) is 2.74. The van der Waals surface area contributed by atoms with Crippen LogP contribution in [0.3, 0.4) is 0 Å². The van der Waals surface area contributed by atoms with Gasteiger partial charge in [-0.1, -0.05) is 44.2 Å². The van der Waals surface area contributed by atoms with Crippen LogP contribution in [0, 0.1) is 0 Å². The molecule has 1 aromatic carbocycles. The normalized spacial score (nSPS) is 13.0. The molecule has 0 fully saturated rings. The lowest BCUT2D eigenvalue weighted by atomic mass is 10.1. The van der Waals surface area contributed by atoms with Crippen molar-refractivity contribution >= 4 is 15.8 Å². The molecule has 0 aliphatic carbocycles. The van der Waals surface area contributed by atoms with Gasteiger partial charge in [0.15, 0.2) is 0 Å². The number of nitrogens with one attached hydrogen (secondary N) is 2. The number of H-pyrrole nitrogens is 1. The highest BCUT2D eigenvalue weighted by Crippen LogP contribution is 2.15. The molecule has 0 aliphatic rings. The highest BCUT2D eigenvalue weighted by Gasteiger charge is 2.23. The van der Waals surface area contributed by atoms with Crippen LogP contribution in [0.1, 0.15) is 32.8 Å². The third-order valence-corrected chi connectivity index (χ3v) is 6.28. The Hall–Kier alpha value is -1.92. The van der Waals surface area contributed by atoms with Crippen LogP contribution in [0.15, 0.2) is 53.6 Å². The van der Waals surface area contributed by atoms with Crippen LogP contribution in [0.5, 0.6) is 0 Å². The van der Waals surface area contributed by atoms with E-state index >= 15 is 0 Å². The Morgan fingerprint density at radius 2 is 1.76 bits per heavy atom. The maximum Gasteiger partial charge on any atom is 0.272 e. The van der Waals surface area contributed by atoms with E-state index < -0.39 is 10.0 Å². The summed E-state index contributed by atoms with van der Waals surface area (Å²) in [5, 5.41) is 3.38. The molecule has 2 aromatic rings. The molecular weight excluding hydrogens is 334 g/mol. The summed E-state index contributed by atoms with van der Waals surface area (Å²) in [6.07, 6.45) is 3.56. The van der Waals surface area contributed by atoms with Gasteiger partial charge in [-0.3, -0.25) is 5.32 Å². The average Bonchev–Trinajstić information content (AvgIpc) is 2.62. The fourth-order valence-corrected chi connectivity index (χ4v) is 4.16. The summed E-state index contributed by atoms with van der Waals surface area (Å²) in [6.45, 7) is 6.74. The van der Waals surface area contributed by atoms with E-state index in [-0.39, 0.29) is 6.04 Å². The Labute approximate surface area is 151 Å². The van der Waals surface area contributed by atoms with Crippen molar-refractivity contribution in [1.82, 2.24) is 4.31 Å². The topological polar surface area (TPSA) is 63.6 Å². The highest BCUT2D eigenvalue weighted by molar-refractivity contribution is 7.89. The number of hydrogen-bond donors (Lipinski definition) is 1. The molecule has 0 saturated heterocycles.